The van der Waals surface area contributed by atoms with Crippen molar-refractivity contribution in [2.45, 2.75) is 58.2 Å². The third-order valence-corrected chi connectivity index (χ3v) is 3.27. The third kappa shape index (κ3) is 3.67. The minimum atomic E-state index is -0.316. The van der Waals surface area contributed by atoms with Gasteiger partial charge in [0.15, 0.2) is 0 Å². The average Bonchev–Trinajstić information content (AvgIpc) is 3.13. The fourth-order valence-corrected chi connectivity index (χ4v) is 1.56. The van der Waals surface area contributed by atoms with Gasteiger partial charge in [-0.2, -0.15) is 0 Å². The number of halogens is 1. The monoisotopic (exact) mass is 252 g/mol. The Hall–Kier alpha value is -1.16. The summed E-state index contributed by atoms with van der Waals surface area (Å²) in [5.41, 5.74) is 0.516. The molecule has 0 aromatic carbocycles. The molecule has 0 bridgehead atoms. The largest absolute Gasteiger partial charge is 0.471 e. The van der Waals surface area contributed by atoms with Crippen molar-refractivity contribution in [1.82, 2.24) is 10.3 Å². The molecule has 0 aliphatic heterocycles. The smallest absolute Gasteiger partial charge is 0.218 e. The van der Waals surface area contributed by atoms with Crippen LogP contribution in [0.5, 0.6) is 5.88 Å². The number of rotatable bonds is 6. The molecule has 18 heavy (non-hydrogen) atoms. The van der Waals surface area contributed by atoms with E-state index in [1.165, 1.54) is 25.1 Å². The average molecular weight is 252 g/mol. The lowest BCUT2D eigenvalue weighted by Crippen LogP contribution is -2.28. The quantitative estimate of drug-likeness (QED) is 0.845. The summed E-state index contributed by atoms with van der Waals surface area (Å²) in [6.45, 7) is 6.70. The maximum absolute atomic E-state index is 13.3. The zero-order chi connectivity index (χ0) is 13.2. The summed E-state index contributed by atoms with van der Waals surface area (Å²) in [7, 11) is 0. The second-order valence-corrected chi connectivity index (χ2v) is 5.49. The number of hydrogen-bond acceptors (Lipinski definition) is 3. The Balaban J connectivity index is 2.11. The van der Waals surface area contributed by atoms with E-state index in [4.69, 9.17) is 4.74 Å². The van der Waals surface area contributed by atoms with E-state index in [-0.39, 0.29) is 11.4 Å². The van der Waals surface area contributed by atoms with Gasteiger partial charge in [-0.15, -0.1) is 0 Å². The van der Waals surface area contributed by atoms with Crippen molar-refractivity contribution < 1.29 is 9.13 Å². The Morgan fingerprint density at radius 1 is 1.50 bits per heavy atom. The number of nitrogens with zero attached hydrogens (tertiary/aromatic N) is 1. The van der Waals surface area contributed by atoms with Crippen molar-refractivity contribution >= 4 is 0 Å². The van der Waals surface area contributed by atoms with Gasteiger partial charge in [0.05, 0.1) is 6.20 Å². The van der Waals surface area contributed by atoms with Crippen LogP contribution < -0.4 is 10.1 Å². The van der Waals surface area contributed by atoms with Gasteiger partial charge >= 0.3 is 0 Å². The molecule has 3 nitrogen and oxygen atoms in total. The molecule has 0 unspecified atom stereocenters. The van der Waals surface area contributed by atoms with Crippen molar-refractivity contribution in [2.24, 2.45) is 0 Å². The summed E-state index contributed by atoms with van der Waals surface area (Å²) < 4.78 is 19.1. The molecular weight excluding hydrogens is 231 g/mol. The first-order chi connectivity index (χ1) is 8.50. The van der Waals surface area contributed by atoms with Gasteiger partial charge in [-0.25, -0.2) is 9.37 Å². The first-order valence-electron chi connectivity index (χ1n) is 6.57. The van der Waals surface area contributed by atoms with Crippen LogP contribution in [0.3, 0.4) is 0 Å². The predicted octanol–water partition coefficient (Wildman–Crippen LogP) is 3.04. The fourth-order valence-electron chi connectivity index (χ4n) is 1.56. The van der Waals surface area contributed by atoms with Gasteiger partial charge in [-0.3, -0.25) is 0 Å². The highest BCUT2D eigenvalue weighted by Gasteiger charge is 2.23. The van der Waals surface area contributed by atoms with Gasteiger partial charge in [0.1, 0.15) is 11.4 Å². The number of aromatic nitrogens is 1. The normalized spacial score (nSPS) is 15.8. The van der Waals surface area contributed by atoms with Crippen LogP contribution in [0, 0.1) is 5.82 Å². The summed E-state index contributed by atoms with van der Waals surface area (Å²) >= 11 is 0. The lowest BCUT2D eigenvalue weighted by Gasteiger charge is -2.25. The van der Waals surface area contributed by atoms with E-state index >= 15 is 0 Å². The van der Waals surface area contributed by atoms with Gasteiger partial charge < -0.3 is 10.1 Å². The van der Waals surface area contributed by atoms with Crippen LogP contribution in [0.1, 0.15) is 45.6 Å². The first-order valence-corrected chi connectivity index (χ1v) is 6.57. The Bertz CT molecular complexity index is 416. The van der Waals surface area contributed by atoms with Crippen molar-refractivity contribution in [3.8, 4) is 5.88 Å². The molecule has 1 saturated carbocycles. The highest BCUT2D eigenvalue weighted by atomic mass is 19.1. The van der Waals surface area contributed by atoms with Gasteiger partial charge in [0.2, 0.25) is 5.88 Å². The minimum Gasteiger partial charge on any atom is -0.471 e. The summed E-state index contributed by atoms with van der Waals surface area (Å²) in [5.74, 6) is 0.223. The predicted molar refractivity (Wildman–Crippen MR) is 69.1 cm³/mol. The zero-order valence-electron chi connectivity index (χ0n) is 11.3. The number of nitrogens with one attached hydrogen (secondary N) is 1. The van der Waals surface area contributed by atoms with Crippen molar-refractivity contribution in [2.75, 3.05) is 0 Å². The summed E-state index contributed by atoms with van der Waals surface area (Å²) in [5, 5.41) is 3.36. The molecule has 0 saturated heterocycles. The molecule has 1 aromatic heterocycles. The third-order valence-electron chi connectivity index (χ3n) is 3.27. The van der Waals surface area contributed by atoms with E-state index in [0.717, 1.165) is 12.0 Å². The van der Waals surface area contributed by atoms with E-state index in [1.807, 2.05) is 13.8 Å². The molecule has 2 rings (SSSR count). The summed E-state index contributed by atoms with van der Waals surface area (Å²) in [4.78, 5) is 4.07. The van der Waals surface area contributed by atoms with Crippen LogP contribution in [0.2, 0.25) is 0 Å². The first kappa shape index (κ1) is 13.3. The van der Waals surface area contributed by atoms with Crippen LogP contribution in [-0.2, 0) is 6.54 Å². The molecular formula is C14H21FN2O. The molecule has 1 fully saturated rings. The van der Waals surface area contributed by atoms with Crippen LogP contribution in [0.15, 0.2) is 12.3 Å². The zero-order valence-corrected chi connectivity index (χ0v) is 11.3. The second kappa shape index (κ2) is 5.22. The highest BCUT2D eigenvalue weighted by Crippen LogP contribution is 2.25. The second-order valence-electron chi connectivity index (χ2n) is 5.49. The van der Waals surface area contributed by atoms with Gasteiger partial charge in [0, 0.05) is 18.2 Å². The Morgan fingerprint density at radius 2 is 2.22 bits per heavy atom. The molecule has 1 N–H and O–H groups in total. The maximum atomic E-state index is 13.3. The molecule has 0 radical (unpaired) electrons. The van der Waals surface area contributed by atoms with E-state index in [2.05, 4.69) is 17.2 Å². The molecule has 1 aliphatic carbocycles. The van der Waals surface area contributed by atoms with Crippen LogP contribution in [0.4, 0.5) is 4.39 Å². The van der Waals surface area contributed by atoms with Gasteiger partial charge in [-0.05, 0) is 39.2 Å². The van der Waals surface area contributed by atoms with Gasteiger partial charge in [0.25, 0.3) is 0 Å². The van der Waals surface area contributed by atoms with Crippen molar-refractivity contribution in [3.63, 3.8) is 0 Å². The molecule has 1 aromatic rings. The topological polar surface area (TPSA) is 34.1 Å². The fraction of sp³-hybridized carbons (Fsp3) is 0.643. The maximum Gasteiger partial charge on any atom is 0.218 e. The molecule has 4 heteroatoms. The molecule has 1 heterocycles. The standard InChI is InChI=1S/C14H21FN2O/c1-4-14(2,3)18-13-10(7-11(15)9-17-13)8-16-12-5-6-12/h7,9,12,16H,4-6,8H2,1-3H3. The van der Waals surface area contributed by atoms with E-state index in [9.17, 15) is 4.39 Å². The van der Waals surface area contributed by atoms with Gasteiger partial charge in [-0.1, -0.05) is 6.92 Å². The number of pyridine rings is 1. The molecule has 1 aliphatic rings. The molecule has 0 spiro atoms. The Labute approximate surface area is 108 Å². The van der Waals surface area contributed by atoms with Crippen LogP contribution in [0.25, 0.3) is 0 Å². The van der Waals surface area contributed by atoms with E-state index in [1.54, 1.807) is 0 Å². The Kier molecular flexibility index (Phi) is 3.85. The molecule has 0 amide bonds. The summed E-state index contributed by atoms with van der Waals surface area (Å²) in [6.07, 6.45) is 4.50. The Morgan fingerprint density at radius 3 is 2.83 bits per heavy atom. The van der Waals surface area contributed by atoms with Crippen LogP contribution >= 0.6 is 0 Å². The number of ether oxygens (including phenoxy) is 1. The van der Waals surface area contributed by atoms with Crippen molar-refractivity contribution in [3.05, 3.63) is 23.6 Å². The van der Waals surface area contributed by atoms with Crippen LogP contribution in [-0.4, -0.2) is 16.6 Å². The van der Waals surface area contributed by atoms with Crippen molar-refractivity contribution in [1.29, 1.82) is 0 Å². The van der Waals surface area contributed by atoms with E-state index in [0.29, 0.717) is 18.5 Å². The van der Waals surface area contributed by atoms with E-state index < -0.39 is 0 Å². The summed E-state index contributed by atoms with van der Waals surface area (Å²) in [6, 6.07) is 2.09. The lowest BCUT2D eigenvalue weighted by molar-refractivity contribution is 0.0971. The lowest BCUT2D eigenvalue weighted by atomic mass is 10.1. The minimum absolute atomic E-state index is 0.279. The SMILES string of the molecule is CCC(C)(C)Oc1ncc(F)cc1CNC1CC1. The molecule has 100 valence electrons. The number of hydrogen-bond donors (Lipinski definition) is 1. The highest BCUT2D eigenvalue weighted by molar-refractivity contribution is 5.27. The molecule has 0 atom stereocenters.